The smallest absolute Gasteiger partial charge is 0.240 e. The number of nitrogens with zero attached hydrogens (tertiary/aromatic N) is 4. The lowest BCUT2D eigenvalue weighted by Crippen LogP contribution is -2.08. The van der Waals surface area contributed by atoms with E-state index in [4.69, 9.17) is 4.52 Å². The minimum absolute atomic E-state index is 0.289. The molecule has 0 saturated carbocycles. The topological polar surface area (TPSA) is 76.7 Å². The molecule has 3 rings (SSSR count). The van der Waals surface area contributed by atoms with E-state index < -0.39 is 0 Å². The molecule has 6 nitrogen and oxygen atoms in total. The molecule has 18 heavy (non-hydrogen) atoms. The maximum Gasteiger partial charge on any atom is 0.240 e. The van der Waals surface area contributed by atoms with E-state index in [0.29, 0.717) is 23.5 Å². The van der Waals surface area contributed by atoms with Crippen molar-refractivity contribution < 1.29 is 4.52 Å². The summed E-state index contributed by atoms with van der Waals surface area (Å²) in [7, 11) is 0. The van der Waals surface area contributed by atoms with Crippen molar-refractivity contribution in [3.63, 3.8) is 0 Å². The third-order valence-electron chi connectivity index (χ3n) is 3.26. The standard InChI is InChI=1S/C12H15N5O/c1-7-3-14-10(15-4-7)11-16-12(18-17-11)9-6-13-5-8(9)2/h3-4,8-9,13H,5-6H2,1-2H3/t8-,9-/m1/s1. The van der Waals surface area contributed by atoms with Gasteiger partial charge in [0.05, 0.1) is 5.92 Å². The van der Waals surface area contributed by atoms with Crippen LogP contribution in [-0.4, -0.2) is 33.2 Å². The lowest BCUT2D eigenvalue weighted by Gasteiger charge is -2.07. The Balaban J connectivity index is 1.87. The molecule has 1 fully saturated rings. The second-order valence-electron chi connectivity index (χ2n) is 4.78. The fraction of sp³-hybridized carbons (Fsp3) is 0.500. The van der Waals surface area contributed by atoms with Gasteiger partial charge in [-0.2, -0.15) is 4.98 Å². The van der Waals surface area contributed by atoms with E-state index in [2.05, 4.69) is 32.3 Å². The molecule has 3 heterocycles. The third kappa shape index (κ3) is 1.99. The van der Waals surface area contributed by atoms with Gasteiger partial charge in [-0.3, -0.25) is 0 Å². The summed E-state index contributed by atoms with van der Waals surface area (Å²) in [4.78, 5) is 12.8. The van der Waals surface area contributed by atoms with Crippen molar-refractivity contribution in [3.05, 3.63) is 23.8 Å². The van der Waals surface area contributed by atoms with E-state index in [1.807, 2.05) is 6.92 Å². The second kappa shape index (κ2) is 4.45. The quantitative estimate of drug-likeness (QED) is 0.855. The molecule has 0 unspecified atom stereocenters. The van der Waals surface area contributed by atoms with Gasteiger partial charge >= 0.3 is 0 Å². The first-order valence-electron chi connectivity index (χ1n) is 6.07. The molecule has 2 aromatic heterocycles. The summed E-state index contributed by atoms with van der Waals surface area (Å²) in [6.45, 7) is 6.00. The van der Waals surface area contributed by atoms with E-state index in [0.717, 1.165) is 18.7 Å². The molecule has 1 aliphatic heterocycles. The normalized spacial score (nSPS) is 23.4. The summed E-state index contributed by atoms with van der Waals surface area (Å²) in [5.74, 6) is 2.44. The molecule has 1 saturated heterocycles. The van der Waals surface area contributed by atoms with Crippen molar-refractivity contribution in [3.8, 4) is 11.6 Å². The van der Waals surface area contributed by atoms with Crippen molar-refractivity contribution in [2.75, 3.05) is 13.1 Å². The second-order valence-corrected chi connectivity index (χ2v) is 4.78. The van der Waals surface area contributed by atoms with Crippen LogP contribution in [0.1, 0.15) is 24.3 Å². The molecular formula is C12H15N5O. The van der Waals surface area contributed by atoms with Crippen LogP contribution in [0.25, 0.3) is 11.6 Å². The Kier molecular flexibility index (Phi) is 2.79. The Morgan fingerprint density at radius 3 is 2.67 bits per heavy atom. The van der Waals surface area contributed by atoms with Crippen molar-refractivity contribution in [1.29, 1.82) is 0 Å². The van der Waals surface area contributed by atoms with E-state index in [1.54, 1.807) is 12.4 Å². The van der Waals surface area contributed by atoms with Gasteiger partial charge < -0.3 is 9.84 Å². The van der Waals surface area contributed by atoms with Gasteiger partial charge in [0.2, 0.25) is 17.5 Å². The SMILES string of the molecule is Cc1cnc(-c2noc([C@@H]3CNC[C@H]3C)n2)nc1. The molecule has 1 aliphatic rings. The highest BCUT2D eigenvalue weighted by Crippen LogP contribution is 2.27. The maximum absolute atomic E-state index is 5.32. The Morgan fingerprint density at radius 2 is 2.00 bits per heavy atom. The first kappa shape index (κ1) is 11.3. The predicted molar refractivity (Wildman–Crippen MR) is 64.8 cm³/mol. The zero-order valence-corrected chi connectivity index (χ0v) is 10.4. The van der Waals surface area contributed by atoms with Gasteiger partial charge in [-0.1, -0.05) is 12.1 Å². The lowest BCUT2D eigenvalue weighted by molar-refractivity contribution is 0.340. The highest BCUT2D eigenvalue weighted by Gasteiger charge is 2.29. The van der Waals surface area contributed by atoms with Crippen LogP contribution in [0.15, 0.2) is 16.9 Å². The number of nitrogens with one attached hydrogen (secondary N) is 1. The Hall–Kier alpha value is -1.82. The predicted octanol–water partition coefficient (Wildman–Crippen LogP) is 1.16. The van der Waals surface area contributed by atoms with Gasteiger partial charge in [-0.25, -0.2) is 9.97 Å². The van der Waals surface area contributed by atoms with Crippen molar-refractivity contribution in [2.45, 2.75) is 19.8 Å². The molecule has 0 amide bonds. The zero-order valence-electron chi connectivity index (χ0n) is 10.4. The zero-order chi connectivity index (χ0) is 12.5. The molecule has 2 aromatic rings. The van der Waals surface area contributed by atoms with Crippen LogP contribution in [0, 0.1) is 12.8 Å². The molecule has 94 valence electrons. The van der Waals surface area contributed by atoms with Gasteiger partial charge in [0.15, 0.2) is 0 Å². The minimum atomic E-state index is 0.289. The maximum atomic E-state index is 5.32. The fourth-order valence-corrected chi connectivity index (χ4v) is 2.13. The Bertz CT molecular complexity index is 536. The van der Waals surface area contributed by atoms with Gasteiger partial charge in [-0.15, -0.1) is 0 Å². The number of hydrogen-bond acceptors (Lipinski definition) is 6. The van der Waals surface area contributed by atoms with Crippen LogP contribution in [0.3, 0.4) is 0 Å². The van der Waals surface area contributed by atoms with Crippen molar-refractivity contribution >= 4 is 0 Å². The number of aromatic nitrogens is 4. The summed E-state index contributed by atoms with van der Waals surface area (Å²) < 4.78 is 5.32. The van der Waals surface area contributed by atoms with Crippen LogP contribution in [0.4, 0.5) is 0 Å². The molecule has 6 heteroatoms. The summed E-state index contributed by atoms with van der Waals surface area (Å²) in [5.41, 5.74) is 1.01. The van der Waals surface area contributed by atoms with E-state index >= 15 is 0 Å². The largest absolute Gasteiger partial charge is 0.338 e. The van der Waals surface area contributed by atoms with Gasteiger partial charge in [0, 0.05) is 18.9 Å². The molecule has 0 spiro atoms. The average Bonchev–Trinajstić information content (AvgIpc) is 2.98. The molecule has 0 bridgehead atoms. The average molecular weight is 245 g/mol. The van der Waals surface area contributed by atoms with E-state index in [9.17, 15) is 0 Å². The highest BCUT2D eigenvalue weighted by molar-refractivity contribution is 5.41. The molecule has 0 radical (unpaired) electrons. The number of rotatable bonds is 2. The molecule has 1 N–H and O–H groups in total. The van der Waals surface area contributed by atoms with Gasteiger partial charge in [0.1, 0.15) is 0 Å². The lowest BCUT2D eigenvalue weighted by atomic mass is 9.98. The van der Waals surface area contributed by atoms with Crippen LogP contribution < -0.4 is 5.32 Å². The van der Waals surface area contributed by atoms with Crippen molar-refractivity contribution in [2.24, 2.45) is 5.92 Å². The fourth-order valence-electron chi connectivity index (χ4n) is 2.13. The summed E-state index contributed by atoms with van der Waals surface area (Å²) in [6, 6.07) is 0. The third-order valence-corrected chi connectivity index (χ3v) is 3.26. The molecule has 0 aliphatic carbocycles. The molecule has 0 aromatic carbocycles. The van der Waals surface area contributed by atoms with E-state index in [1.165, 1.54) is 0 Å². The van der Waals surface area contributed by atoms with Crippen LogP contribution in [0.2, 0.25) is 0 Å². The van der Waals surface area contributed by atoms with Gasteiger partial charge in [-0.05, 0) is 24.9 Å². The minimum Gasteiger partial charge on any atom is -0.338 e. The summed E-state index contributed by atoms with van der Waals surface area (Å²) in [5, 5.41) is 7.27. The van der Waals surface area contributed by atoms with Crippen LogP contribution in [-0.2, 0) is 0 Å². The summed E-state index contributed by atoms with van der Waals surface area (Å²) >= 11 is 0. The van der Waals surface area contributed by atoms with Crippen LogP contribution in [0.5, 0.6) is 0 Å². The first-order valence-corrected chi connectivity index (χ1v) is 6.07. The van der Waals surface area contributed by atoms with Crippen molar-refractivity contribution in [1.82, 2.24) is 25.4 Å². The number of aryl methyl sites for hydroxylation is 1. The number of hydrogen-bond donors (Lipinski definition) is 1. The highest BCUT2D eigenvalue weighted by atomic mass is 16.5. The Labute approximate surface area is 105 Å². The first-order chi connectivity index (χ1) is 8.74. The van der Waals surface area contributed by atoms with E-state index in [-0.39, 0.29) is 5.92 Å². The Morgan fingerprint density at radius 1 is 1.22 bits per heavy atom. The molecule has 2 atom stereocenters. The summed E-state index contributed by atoms with van der Waals surface area (Å²) in [6.07, 6.45) is 3.50. The monoisotopic (exact) mass is 245 g/mol. The molecular weight excluding hydrogens is 230 g/mol. The van der Waals surface area contributed by atoms with Crippen LogP contribution >= 0.6 is 0 Å². The van der Waals surface area contributed by atoms with Gasteiger partial charge in [0.25, 0.3) is 0 Å².